The number of hydrogen-bond acceptors (Lipinski definition) is 2. The van der Waals surface area contributed by atoms with Gasteiger partial charge in [-0.2, -0.15) is 11.8 Å². The third-order valence-electron chi connectivity index (χ3n) is 2.41. The van der Waals surface area contributed by atoms with Crippen molar-refractivity contribution in [3.63, 3.8) is 0 Å². The molecule has 1 saturated heterocycles. The van der Waals surface area contributed by atoms with Gasteiger partial charge in [0.25, 0.3) is 0 Å². The van der Waals surface area contributed by atoms with Gasteiger partial charge < -0.3 is 5.32 Å². The molecule has 1 aromatic carbocycles. The summed E-state index contributed by atoms with van der Waals surface area (Å²) in [5, 5.41) is 3.25. The molecule has 1 fully saturated rings. The fourth-order valence-electron chi connectivity index (χ4n) is 1.50. The highest BCUT2D eigenvalue weighted by molar-refractivity contribution is 9.10. The highest BCUT2D eigenvalue weighted by Gasteiger charge is 2.15. The highest BCUT2D eigenvalue weighted by atomic mass is 79.9. The van der Waals surface area contributed by atoms with Gasteiger partial charge in [-0.1, -0.05) is 15.9 Å². The molecule has 0 bridgehead atoms. The zero-order valence-electron chi connectivity index (χ0n) is 8.30. The lowest BCUT2D eigenvalue weighted by molar-refractivity contribution is 0.385. The SMILES string of the molecule is Fc1cc(Br)cc(CSCC2CNC2)c1. The second kappa shape index (κ2) is 5.32. The Morgan fingerprint density at radius 3 is 2.80 bits per heavy atom. The van der Waals surface area contributed by atoms with E-state index in [4.69, 9.17) is 0 Å². The predicted octanol–water partition coefficient (Wildman–Crippen LogP) is 3.04. The number of hydrogen-bond donors (Lipinski definition) is 1. The van der Waals surface area contributed by atoms with Crippen LogP contribution in [0.15, 0.2) is 22.7 Å². The summed E-state index contributed by atoms with van der Waals surface area (Å²) in [4.78, 5) is 0. The maximum atomic E-state index is 13.0. The Morgan fingerprint density at radius 2 is 2.20 bits per heavy atom. The fourth-order valence-corrected chi connectivity index (χ4v) is 3.11. The Hall–Kier alpha value is -0.0600. The number of nitrogens with one attached hydrogen (secondary N) is 1. The van der Waals surface area contributed by atoms with Gasteiger partial charge in [0, 0.05) is 10.2 Å². The van der Waals surface area contributed by atoms with E-state index in [9.17, 15) is 4.39 Å². The number of halogens is 2. The molecule has 82 valence electrons. The predicted molar refractivity (Wildman–Crippen MR) is 66.6 cm³/mol. The lowest BCUT2D eigenvalue weighted by Gasteiger charge is -2.26. The molecule has 1 aromatic rings. The van der Waals surface area contributed by atoms with Crippen LogP contribution in [0, 0.1) is 11.7 Å². The first kappa shape index (κ1) is 11.4. The molecule has 0 amide bonds. The van der Waals surface area contributed by atoms with Crippen molar-refractivity contribution >= 4 is 27.7 Å². The Morgan fingerprint density at radius 1 is 1.40 bits per heavy atom. The third-order valence-corrected chi connectivity index (χ3v) is 4.11. The maximum absolute atomic E-state index is 13.0. The van der Waals surface area contributed by atoms with Crippen LogP contribution in [-0.4, -0.2) is 18.8 Å². The summed E-state index contributed by atoms with van der Waals surface area (Å²) in [6.45, 7) is 2.28. The van der Waals surface area contributed by atoms with Crippen LogP contribution in [0.3, 0.4) is 0 Å². The van der Waals surface area contributed by atoms with Crippen LogP contribution in [0.1, 0.15) is 5.56 Å². The Kier molecular flexibility index (Phi) is 4.05. The van der Waals surface area contributed by atoms with E-state index in [-0.39, 0.29) is 5.82 Å². The molecule has 2 rings (SSSR count). The number of rotatable bonds is 4. The fraction of sp³-hybridized carbons (Fsp3) is 0.455. The summed E-state index contributed by atoms with van der Waals surface area (Å²) in [5.41, 5.74) is 1.05. The molecule has 1 aliphatic rings. The van der Waals surface area contributed by atoms with E-state index in [1.807, 2.05) is 17.8 Å². The van der Waals surface area contributed by atoms with Gasteiger partial charge in [0.15, 0.2) is 0 Å². The largest absolute Gasteiger partial charge is 0.316 e. The second-order valence-electron chi connectivity index (χ2n) is 3.82. The molecule has 4 heteroatoms. The molecular weight excluding hydrogens is 277 g/mol. The van der Waals surface area contributed by atoms with Crippen molar-refractivity contribution in [2.75, 3.05) is 18.8 Å². The molecule has 0 saturated carbocycles. The van der Waals surface area contributed by atoms with E-state index in [0.29, 0.717) is 0 Å². The van der Waals surface area contributed by atoms with E-state index in [2.05, 4.69) is 21.2 Å². The average Bonchev–Trinajstić information content (AvgIpc) is 2.07. The molecule has 0 aliphatic carbocycles. The number of benzene rings is 1. The van der Waals surface area contributed by atoms with Gasteiger partial charge in [-0.05, 0) is 48.5 Å². The molecule has 1 heterocycles. The van der Waals surface area contributed by atoms with Crippen LogP contribution in [0.25, 0.3) is 0 Å². The molecule has 0 aromatic heterocycles. The van der Waals surface area contributed by atoms with Gasteiger partial charge >= 0.3 is 0 Å². The Labute approximate surface area is 102 Å². The Bertz CT molecular complexity index is 321. The van der Waals surface area contributed by atoms with Gasteiger partial charge in [-0.15, -0.1) is 0 Å². The minimum Gasteiger partial charge on any atom is -0.316 e. The monoisotopic (exact) mass is 289 g/mol. The first-order chi connectivity index (χ1) is 7.24. The van der Waals surface area contributed by atoms with Crippen LogP contribution in [0.2, 0.25) is 0 Å². The molecule has 0 unspecified atom stereocenters. The van der Waals surface area contributed by atoms with Gasteiger partial charge in [-0.3, -0.25) is 0 Å². The molecule has 0 atom stereocenters. The summed E-state index contributed by atoms with van der Waals surface area (Å²) < 4.78 is 13.9. The van der Waals surface area contributed by atoms with Crippen LogP contribution in [-0.2, 0) is 5.75 Å². The number of thioether (sulfide) groups is 1. The average molecular weight is 290 g/mol. The van der Waals surface area contributed by atoms with Crippen molar-refractivity contribution in [1.29, 1.82) is 0 Å². The smallest absolute Gasteiger partial charge is 0.124 e. The topological polar surface area (TPSA) is 12.0 Å². The first-order valence-corrected chi connectivity index (χ1v) is 6.92. The molecule has 0 spiro atoms. The van der Waals surface area contributed by atoms with Crippen molar-refractivity contribution in [3.8, 4) is 0 Å². The molecule has 1 aliphatic heterocycles. The maximum Gasteiger partial charge on any atom is 0.124 e. The van der Waals surface area contributed by atoms with Gasteiger partial charge in [0.2, 0.25) is 0 Å². The normalized spacial score (nSPS) is 16.4. The standard InChI is InChI=1S/C11H13BrFNS/c12-10-1-8(2-11(13)3-10)6-15-7-9-4-14-5-9/h1-3,9,14H,4-7H2. The van der Waals surface area contributed by atoms with Crippen LogP contribution in [0.4, 0.5) is 4.39 Å². The van der Waals surface area contributed by atoms with E-state index >= 15 is 0 Å². The van der Waals surface area contributed by atoms with Gasteiger partial charge in [0.05, 0.1) is 0 Å². The summed E-state index contributed by atoms with van der Waals surface area (Å²) >= 11 is 5.18. The molecular formula is C11H13BrFNS. The van der Waals surface area contributed by atoms with Gasteiger partial charge in [-0.25, -0.2) is 4.39 Å². The zero-order chi connectivity index (χ0) is 10.7. The minimum atomic E-state index is -0.162. The van der Waals surface area contributed by atoms with E-state index in [0.717, 1.165) is 34.8 Å². The van der Waals surface area contributed by atoms with Gasteiger partial charge in [0.1, 0.15) is 5.82 Å². The lowest BCUT2D eigenvalue weighted by Crippen LogP contribution is -2.43. The van der Waals surface area contributed by atoms with E-state index in [1.54, 1.807) is 6.07 Å². The molecule has 1 N–H and O–H groups in total. The van der Waals surface area contributed by atoms with Crippen LogP contribution in [0.5, 0.6) is 0 Å². The zero-order valence-corrected chi connectivity index (χ0v) is 10.7. The highest BCUT2D eigenvalue weighted by Crippen LogP contribution is 2.21. The molecule has 1 nitrogen and oxygen atoms in total. The minimum absolute atomic E-state index is 0.162. The van der Waals surface area contributed by atoms with Crippen molar-refractivity contribution < 1.29 is 4.39 Å². The van der Waals surface area contributed by atoms with Crippen LogP contribution < -0.4 is 5.32 Å². The Balaban J connectivity index is 1.81. The molecule has 0 radical (unpaired) electrons. The van der Waals surface area contributed by atoms with Crippen molar-refractivity contribution in [1.82, 2.24) is 5.32 Å². The van der Waals surface area contributed by atoms with E-state index < -0.39 is 0 Å². The first-order valence-electron chi connectivity index (χ1n) is 4.97. The summed E-state index contributed by atoms with van der Waals surface area (Å²) in [6, 6.07) is 5.08. The second-order valence-corrected chi connectivity index (χ2v) is 5.76. The van der Waals surface area contributed by atoms with Crippen molar-refractivity contribution in [3.05, 3.63) is 34.1 Å². The summed E-state index contributed by atoms with van der Waals surface area (Å²) in [5.74, 6) is 2.71. The van der Waals surface area contributed by atoms with Crippen molar-refractivity contribution in [2.24, 2.45) is 5.92 Å². The van der Waals surface area contributed by atoms with E-state index in [1.165, 1.54) is 11.8 Å². The molecule has 15 heavy (non-hydrogen) atoms. The lowest BCUT2D eigenvalue weighted by atomic mass is 10.1. The van der Waals surface area contributed by atoms with Crippen molar-refractivity contribution in [2.45, 2.75) is 5.75 Å². The summed E-state index contributed by atoms with van der Waals surface area (Å²) in [7, 11) is 0. The third kappa shape index (κ3) is 3.47. The van der Waals surface area contributed by atoms with Crippen LogP contribution >= 0.6 is 27.7 Å². The quantitative estimate of drug-likeness (QED) is 0.914. The summed E-state index contributed by atoms with van der Waals surface area (Å²) in [6.07, 6.45) is 0.